The van der Waals surface area contributed by atoms with Gasteiger partial charge in [-0.2, -0.15) is 0 Å². The molecule has 25 heavy (non-hydrogen) atoms. The number of para-hydroxylation sites is 2. The molecule has 0 saturated carbocycles. The summed E-state index contributed by atoms with van der Waals surface area (Å²) in [5, 5.41) is 0. The molecular formula is C21H23N3O. The Hall–Kier alpha value is -2.62. The Morgan fingerprint density at radius 1 is 1.16 bits per heavy atom. The Bertz CT molecular complexity index is 895. The third-order valence-electron chi connectivity index (χ3n) is 5.34. The number of carbonyl (C=O) groups is 1. The van der Waals surface area contributed by atoms with E-state index in [0.717, 1.165) is 59.5 Å². The minimum absolute atomic E-state index is 0.141. The van der Waals surface area contributed by atoms with E-state index in [1.165, 1.54) is 0 Å². The second-order valence-electron chi connectivity index (χ2n) is 6.98. The maximum absolute atomic E-state index is 13.0. The van der Waals surface area contributed by atoms with E-state index in [1.807, 2.05) is 48.2 Å². The van der Waals surface area contributed by atoms with Crippen LogP contribution in [0.15, 0.2) is 42.5 Å². The van der Waals surface area contributed by atoms with Gasteiger partial charge >= 0.3 is 0 Å². The molecule has 1 fully saturated rings. The number of amides is 1. The highest BCUT2D eigenvalue weighted by Crippen LogP contribution is 2.28. The zero-order chi connectivity index (χ0) is 17.4. The maximum Gasteiger partial charge on any atom is 0.254 e. The number of carbonyl (C=O) groups excluding carboxylic acids is 1. The molecule has 4 heteroatoms. The Kier molecular flexibility index (Phi) is 4.04. The summed E-state index contributed by atoms with van der Waals surface area (Å²) in [6.07, 6.45) is 2.08. The smallest absolute Gasteiger partial charge is 0.254 e. The van der Waals surface area contributed by atoms with Gasteiger partial charge in [-0.3, -0.25) is 4.79 Å². The van der Waals surface area contributed by atoms with Crippen LogP contribution in [-0.4, -0.2) is 33.9 Å². The van der Waals surface area contributed by atoms with Crippen LogP contribution in [0.4, 0.5) is 0 Å². The Balaban J connectivity index is 1.58. The van der Waals surface area contributed by atoms with Crippen molar-refractivity contribution < 1.29 is 4.79 Å². The van der Waals surface area contributed by atoms with E-state index in [2.05, 4.69) is 18.0 Å². The molecule has 1 saturated heterocycles. The van der Waals surface area contributed by atoms with Gasteiger partial charge in [0.2, 0.25) is 0 Å². The fraction of sp³-hybridized carbons (Fsp3) is 0.333. The summed E-state index contributed by atoms with van der Waals surface area (Å²) in [6, 6.07) is 14.1. The molecule has 1 aliphatic rings. The molecule has 0 unspecified atom stereocenters. The third-order valence-corrected chi connectivity index (χ3v) is 5.34. The van der Waals surface area contributed by atoms with Crippen molar-refractivity contribution in [1.82, 2.24) is 14.9 Å². The number of rotatable bonds is 2. The average Bonchev–Trinajstić information content (AvgIpc) is 3.08. The monoisotopic (exact) mass is 333 g/mol. The summed E-state index contributed by atoms with van der Waals surface area (Å²) < 4.78 is 0. The minimum Gasteiger partial charge on any atom is -0.342 e. The predicted molar refractivity (Wildman–Crippen MR) is 99.9 cm³/mol. The van der Waals surface area contributed by atoms with Crippen molar-refractivity contribution in [2.24, 2.45) is 0 Å². The largest absolute Gasteiger partial charge is 0.342 e. The van der Waals surface area contributed by atoms with Crippen LogP contribution in [0.3, 0.4) is 0 Å². The highest BCUT2D eigenvalue weighted by molar-refractivity contribution is 5.96. The van der Waals surface area contributed by atoms with Gasteiger partial charge in [-0.05, 0) is 56.0 Å². The summed E-state index contributed by atoms with van der Waals surface area (Å²) >= 11 is 0. The number of aromatic amines is 1. The number of likely N-dealkylation sites (tertiary alicyclic amines) is 1. The van der Waals surface area contributed by atoms with Gasteiger partial charge in [0.15, 0.2) is 0 Å². The molecule has 2 aromatic carbocycles. The van der Waals surface area contributed by atoms with Gasteiger partial charge in [0.1, 0.15) is 5.82 Å². The van der Waals surface area contributed by atoms with E-state index < -0.39 is 0 Å². The topological polar surface area (TPSA) is 49.0 Å². The number of hydrogen-bond acceptors (Lipinski definition) is 2. The lowest BCUT2D eigenvalue weighted by molar-refractivity contribution is 0.0704. The van der Waals surface area contributed by atoms with E-state index in [1.54, 1.807) is 0 Å². The lowest BCUT2D eigenvalue weighted by Crippen LogP contribution is -2.39. The van der Waals surface area contributed by atoms with Crippen LogP contribution in [0, 0.1) is 13.8 Å². The number of piperidine rings is 1. The van der Waals surface area contributed by atoms with Crippen LogP contribution in [0.2, 0.25) is 0 Å². The predicted octanol–water partition coefficient (Wildman–Crippen LogP) is 4.20. The molecule has 1 N–H and O–H groups in total. The van der Waals surface area contributed by atoms with Crippen LogP contribution >= 0.6 is 0 Å². The molecule has 3 aromatic rings. The van der Waals surface area contributed by atoms with Crippen molar-refractivity contribution in [3.05, 3.63) is 65.0 Å². The third kappa shape index (κ3) is 2.93. The van der Waals surface area contributed by atoms with Gasteiger partial charge < -0.3 is 9.88 Å². The molecule has 1 atom stereocenters. The fourth-order valence-electron chi connectivity index (χ4n) is 3.70. The lowest BCUT2D eigenvalue weighted by atomic mass is 9.95. The van der Waals surface area contributed by atoms with Crippen molar-refractivity contribution in [2.75, 3.05) is 13.1 Å². The second-order valence-corrected chi connectivity index (χ2v) is 6.98. The van der Waals surface area contributed by atoms with Crippen LogP contribution in [0.25, 0.3) is 11.0 Å². The highest BCUT2D eigenvalue weighted by atomic mass is 16.2. The molecule has 0 aliphatic carbocycles. The summed E-state index contributed by atoms with van der Waals surface area (Å²) in [5.74, 6) is 1.41. The first-order valence-corrected chi connectivity index (χ1v) is 8.93. The quantitative estimate of drug-likeness (QED) is 0.764. The summed E-state index contributed by atoms with van der Waals surface area (Å²) in [7, 11) is 0. The highest BCUT2D eigenvalue weighted by Gasteiger charge is 2.28. The number of nitrogens with one attached hydrogen (secondary N) is 1. The number of aryl methyl sites for hydroxylation is 1. The molecular weight excluding hydrogens is 310 g/mol. The molecule has 4 rings (SSSR count). The average molecular weight is 333 g/mol. The molecule has 2 heterocycles. The van der Waals surface area contributed by atoms with Gasteiger partial charge in [0.25, 0.3) is 5.91 Å². The SMILES string of the molecule is Cc1cccc(C(=O)N2CCC[C@@H](c3nc4ccccc4[nH]3)C2)c1C. The fourth-order valence-corrected chi connectivity index (χ4v) is 3.70. The number of fused-ring (bicyclic) bond motifs is 1. The van der Waals surface area contributed by atoms with Crippen LogP contribution in [0.1, 0.15) is 46.1 Å². The first-order valence-electron chi connectivity index (χ1n) is 8.93. The Morgan fingerprint density at radius 2 is 2.00 bits per heavy atom. The van der Waals surface area contributed by atoms with Crippen LogP contribution < -0.4 is 0 Å². The number of hydrogen-bond donors (Lipinski definition) is 1. The first-order chi connectivity index (χ1) is 12.1. The number of aromatic nitrogens is 2. The van der Waals surface area contributed by atoms with E-state index in [4.69, 9.17) is 4.98 Å². The number of imidazole rings is 1. The van der Waals surface area contributed by atoms with Crippen LogP contribution in [-0.2, 0) is 0 Å². The van der Waals surface area contributed by atoms with E-state index in [-0.39, 0.29) is 11.8 Å². The molecule has 1 aromatic heterocycles. The van der Waals surface area contributed by atoms with Crippen molar-refractivity contribution in [3.63, 3.8) is 0 Å². The zero-order valence-electron chi connectivity index (χ0n) is 14.7. The van der Waals surface area contributed by atoms with Crippen molar-refractivity contribution >= 4 is 16.9 Å². The summed E-state index contributed by atoms with van der Waals surface area (Å²) in [5.41, 5.74) is 5.13. The maximum atomic E-state index is 13.0. The van der Waals surface area contributed by atoms with Gasteiger partial charge in [0.05, 0.1) is 11.0 Å². The zero-order valence-corrected chi connectivity index (χ0v) is 14.7. The molecule has 0 spiro atoms. The number of nitrogens with zero attached hydrogens (tertiary/aromatic N) is 2. The van der Waals surface area contributed by atoms with Crippen molar-refractivity contribution in [2.45, 2.75) is 32.6 Å². The van der Waals surface area contributed by atoms with Crippen molar-refractivity contribution in [1.29, 1.82) is 0 Å². The summed E-state index contributed by atoms with van der Waals surface area (Å²) in [6.45, 7) is 5.64. The van der Waals surface area contributed by atoms with Gasteiger partial charge in [0, 0.05) is 24.6 Å². The minimum atomic E-state index is 0.141. The Morgan fingerprint density at radius 3 is 2.84 bits per heavy atom. The molecule has 128 valence electrons. The molecule has 0 radical (unpaired) electrons. The normalized spacial score (nSPS) is 17.8. The Labute approximate surface area is 147 Å². The number of H-pyrrole nitrogens is 1. The van der Waals surface area contributed by atoms with E-state index in [0.29, 0.717) is 0 Å². The molecule has 0 bridgehead atoms. The van der Waals surface area contributed by atoms with Crippen molar-refractivity contribution in [3.8, 4) is 0 Å². The second kappa shape index (κ2) is 6.36. The molecule has 1 aliphatic heterocycles. The molecule has 4 nitrogen and oxygen atoms in total. The first kappa shape index (κ1) is 15.9. The summed E-state index contributed by atoms with van der Waals surface area (Å²) in [4.78, 5) is 23.2. The number of benzene rings is 2. The standard InChI is InChI=1S/C21H23N3O/c1-14-7-5-9-17(15(14)2)21(25)24-12-6-8-16(13-24)20-22-18-10-3-4-11-19(18)23-20/h3-5,7,9-11,16H,6,8,12-13H2,1-2H3,(H,22,23)/t16-/m1/s1. The van der Waals surface area contributed by atoms with Crippen LogP contribution in [0.5, 0.6) is 0 Å². The van der Waals surface area contributed by atoms with Gasteiger partial charge in [-0.1, -0.05) is 24.3 Å². The van der Waals surface area contributed by atoms with Gasteiger partial charge in [-0.15, -0.1) is 0 Å². The lowest BCUT2D eigenvalue weighted by Gasteiger charge is -2.32. The van der Waals surface area contributed by atoms with E-state index >= 15 is 0 Å². The van der Waals surface area contributed by atoms with Gasteiger partial charge in [-0.25, -0.2) is 4.98 Å². The van der Waals surface area contributed by atoms with E-state index in [9.17, 15) is 4.79 Å². The molecule has 1 amide bonds.